The van der Waals surface area contributed by atoms with Gasteiger partial charge in [0.05, 0.1) is 0 Å². The Hall–Kier alpha value is -0.161. The number of hydrogen-bond acceptors (Lipinski definition) is 4. The number of carboxylic acid groups (broad SMARTS) is 1. The van der Waals surface area contributed by atoms with E-state index in [1.54, 1.807) is 6.26 Å². The molecule has 70 valence electrons. The molecule has 0 aromatic heterocycles. The van der Waals surface area contributed by atoms with Gasteiger partial charge < -0.3 is 0 Å². The molecule has 3 N–H and O–H groups in total. The molecular formula is C6H9FeNO3S. The van der Waals surface area contributed by atoms with Gasteiger partial charge in [0, 0.05) is 0 Å². The number of carboxylic acids is 1. The molecule has 0 saturated heterocycles. The molecule has 0 aromatic rings. The summed E-state index contributed by atoms with van der Waals surface area (Å²) in [5, 5.41) is 8.60. The molecule has 12 heavy (non-hydrogen) atoms. The molecule has 6 heteroatoms. The van der Waals surface area contributed by atoms with Gasteiger partial charge in [-0.1, -0.05) is 0 Å². The van der Waals surface area contributed by atoms with E-state index in [1.807, 2.05) is 0 Å². The van der Waals surface area contributed by atoms with Crippen molar-refractivity contribution in [1.29, 1.82) is 0 Å². The second-order valence-corrected chi connectivity index (χ2v) is 3.65. The van der Waals surface area contributed by atoms with Crippen molar-refractivity contribution >= 4 is 28.4 Å². The average molecular weight is 231 g/mol. The van der Waals surface area contributed by atoms with E-state index in [2.05, 4.69) is 15.6 Å². The normalized spacial score (nSPS) is 14.9. The Morgan fingerprint density at radius 2 is 2.33 bits per heavy atom. The summed E-state index contributed by atoms with van der Waals surface area (Å²) in [6, 6.07) is 0. The van der Waals surface area contributed by atoms with Crippen LogP contribution in [0.25, 0.3) is 0 Å². The Balaban J connectivity index is 4.63. The van der Waals surface area contributed by atoms with Gasteiger partial charge in [0.25, 0.3) is 0 Å². The van der Waals surface area contributed by atoms with E-state index in [0.717, 1.165) is 0 Å². The van der Waals surface area contributed by atoms with E-state index < -0.39 is 11.5 Å². The van der Waals surface area contributed by atoms with E-state index in [4.69, 9.17) is 10.8 Å². The minimum absolute atomic E-state index is 0.202. The summed E-state index contributed by atoms with van der Waals surface area (Å²) >= 11 is 4.82. The van der Waals surface area contributed by atoms with E-state index >= 15 is 0 Å². The van der Waals surface area contributed by atoms with Crippen LogP contribution in [0.3, 0.4) is 0 Å². The van der Waals surface area contributed by atoms with Crippen LogP contribution < -0.4 is 5.73 Å². The van der Waals surface area contributed by atoms with Gasteiger partial charge in [-0.25, -0.2) is 0 Å². The van der Waals surface area contributed by atoms with Crippen LogP contribution in [0.15, 0.2) is 0 Å². The average Bonchev–Trinajstić information content (AvgIpc) is 2.03. The zero-order valence-electron chi connectivity index (χ0n) is 6.39. The van der Waals surface area contributed by atoms with Crippen LogP contribution in [0.1, 0.15) is 0 Å². The number of aliphatic carboxylic acids is 1. The van der Waals surface area contributed by atoms with Crippen LogP contribution in [-0.4, -0.2) is 39.3 Å². The first kappa shape index (κ1) is 11.8. The third-order valence-corrected chi connectivity index (χ3v) is 2.72. The first-order valence-corrected chi connectivity index (χ1v) is 4.91. The van der Waals surface area contributed by atoms with E-state index in [1.165, 1.54) is 11.8 Å². The van der Waals surface area contributed by atoms with E-state index in [9.17, 15) is 9.59 Å². The van der Waals surface area contributed by atoms with Crippen molar-refractivity contribution in [2.45, 2.75) is 5.54 Å². The predicted molar refractivity (Wildman–Crippen MR) is 44.0 cm³/mol. The second kappa shape index (κ2) is 4.77. The van der Waals surface area contributed by atoms with Crippen molar-refractivity contribution in [3.63, 3.8) is 0 Å². The summed E-state index contributed by atoms with van der Waals surface area (Å²) in [5.41, 5.74) is 3.36. The standard InChI is InChI=1S/C6H9NO3S.Fe/c1-11-3-2-6(7,4-8)5(9)10;/h4H,3,7H2,1H3,(H,9,10);. The molecule has 0 aromatic carbocycles. The molecule has 0 bridgehead atoms. The summed E-state index contributed by atoms with van der Waals surface area (Å²) in [6.07, 6.45) is 1.98. The van der Waals surface area contributed by atoms with Gasteiger partial charge >= 0.3 is 82.0 Å². The van der Waals surface area contributed by atoms with Gasteiger partial charge in [-0.2, -0.15) is 0 Å². The van der Waals surface area contributed by atoms with Crippen molar-refractivity contribution in [2.75, 3.05) is 12.0 Å². The fraction of sp³-hybridized carbons (Fsp3) is 0.500. The number of thioether (sulfide) groups is 1. The Labute approximate surface area is 82.2 Å². The van der Waals surface area contributed by atoms with Crippen LogP contribution in [0, 0.1) is 0 Å². The second-order valence-electron chi connectivity index (χ2n) is 2.12. The first-order chi connectivity index (χ1) is 5.49. The molecule has 0 radical (unpaired) electrons. The Bertz CT molecular complexity index is 221. The van der Waals surface area contributed by atoms with Crippen LogP contribution in [-0.2, 0) is 25.2 Å². The van der Waals surface area contributed by atoms with Gasteiger partial charge in [-0.05, 0) is 0 Å². The fourth-order valence-corrected chi connectivity index (χ4v) is 1.62. The third-order valence-electron chi connectivity index (χ3n) is 1.25. The SMILES string of the molecule is CSC[C](=[Fe])C(N)(C=O)C(=O)O. The number of rotatable bonds is 5. The summed E-state index contributed by atoms with van der Waals surface area (Å²) in [4.78, 5) is 21.0. The molecule has 0 rings (SSSR count). The number of carbonyl (C=O) groups is 2. The number of aldehydes is 1. The van der Waals surface area contributed by atoms with Crippen LogP contribution in [0.2, 0.25) is 0 Å². The molecule has 0 heterocycles. The van der Waals surface area contributed by atoms with Crippen LogP contribution in [0.4, 0.5) is 0 Å². The number of hydrogen-bond donors (Lipinski definition) is 2. The van der Waals surface area contributed by atoms with E-state index in [-0.39, 0.29) is 10.7 Å². The Kier molecular flexibility index (Phi) is 4.70. The summed E-state index contributed by atoms with van der Waals surface area (Å²) in [6.45, 7) is 0. The van der Waals surface area contributed by atoms with Crippen molar-refractivity contribution < 1.29 is 30.3 Å². The quantitative estimate of drug-likeness (QED) is 0.362. The van der Waals surface area contributed by atoms with Crippen molar-refractivity contribution in [2.24, 2.45) is 5.73 Å². The maximum absolute atomic E-state index is 10.5. The van der Waals surface area contributed by atoms with Gasteiger partial charge in [-0.15, -0.1) is 0 Å². The van der Waals surface area contributed by atoms with E-state index in [0.29, 0.717) is 5.75 Å². The van der Waals surface area contributed by atoms with Crippen molar-refractivity contribution in [3.05, 3.63) is 0 Å². The van der Waals surface area contributed by atoms with Gasteiger partial charge in [0.1, 0.15) is 0 Å². The van der Waals surface area contributed by atoms with Crippen molar-refractivity contribution in [1.82, 2.24) is 0 Å². The zero-order valence-corrected chi connectivity index (χ0v) is 8.31. The third kappa shape index (κ3) is 2.42. The van der Waals surface area contributed by atoms with Gasteiger partial charge in [0.15, 0.2) is 0 Å². The topological polar surface area (TPSA) is 80.4 Å². The molecule has 1 unspecified atom stereocenters. The fourth-order valence-electron chi connectivity index (χ4n) is 0.469. The minimum atomic E-state index is -1.93. The molecule has 1 atom stereocenters. The first-order valence-electron chi connectivity index (χ1n) is 2.97. The zero-order chi connectivity index (χ0) is 9.78. The maximum atomic E-state index is 10.5. The van der Waals surface area contributed by atoms with Gasteiger partial charge in [-0.3, -0.25) is 0 Å². The summed E-state index contributed by atoms with van der Waals surface area (Å²) in [7, 11) is 0. The monoisotopic (exact) mass is 231 g/mol. The molecule has 0 spiro atoms. The Morgan fingerprint density at radius 1 is 1.83 bits per heavy atom. The van der Waals surface area contributed by atoms with Gasteiger partial charge in [0.2, 0.25) is 0 Å². The summed E-state index contributed by atoms with van der Waals surface area (Å²) < 4.78 is 0.206. The van der Waals surface area contributed by atoms with Crippen LogP contribution in [0.5, 0.6) is 0 Å². The molecule has 0 aliphatic heterocycles. The molecule has 4 nitrogen and oxygen atoms in total. The predicted octanol–water partition coefficient (Wildman–Crippen LogP) is -0.950. The molecule has 0 aliphatic carbocycles. The Morgan fingerprint density at radius 3 is 2.58 bits per heavy atom. The van der Waals surface area contributed by atoms with Crippen LogP contribution >= 0.6 is 11.8 Å². The number of carbonyl (C=O) groups excluding carboxylic acids is 1. The summed E-state index contributed by atoms with van der Waals surface area (Å²) in [5.74, 6) is -1.00. The van der Waals surface area contributed by atoms with Crippen molar-refractivity contribution in [3.8, 4) is 0 Å². The molecule has 0 saturated carbocycles. The molecular weight excluding hydrogens is 222 g/mol. The molecule has 0 fully saturated rings. The number of nitrogens with two attached hydrogens (primary N) is 1. The molecule has 0 aliphatic rings. The molecule has 0 amide bonds.